The fraction of sp³-hybridized carbons (Fsp3) is 1.00. The van der Waals surface area contributed by atoms with Crippen LogP contribution in [0.15, 0.2) is 0 Å². The molecule has 0 aliphatic carbocycles. The van der Waals surface area contributed by atoms with E-state index in [0.29, 0.717) is 0 Å². The minimum atomic E-state index is -1.33. The van der Waals surface area contributed by atoms with Crippen molar-refractivity contribution in [3.63, 3.8) is 0 Å². The zero-order chi connectivity index (χ0) is 10.1. The van der Waals surface area contributed by atoms with Gasteiger partial charge in [0.2, 0.25) is 0 Å². The molecule has 0 aliphatic heterocycles. The monoisotopic (exact) mass is 277 g/mol. The average molecular weight is 278 g/mol. The molecule has 0 spiro atoms. The van der Waals surface area contributed by atoms with Gasteiger partial charge in [0.05, 0.1) is 0 Å². The zero-order valence-electron chi connectivity index (χ0n) is 7.80. The second kappa shape index (κ2) is 10.4. The van der Waals surface area contributed by atoms with Gasteiger partial charge in [0, 0.05) is 13.1 Å². The van der Waals surface area contributed by atoms with E-state index in [-0.39, 0.29) is 0 Å². The molecule has 0 bridgehead atoms. The van der Waals surface area contributed by atoms with Crippen LogP contribution >= 0.6 is 30.3 Å². The molecule has 0 aromatic carbocycles. The summed E-state index contributed by atoms with van der Waals surface area (Å²) in [6.07, 6.45) is 0. The van der Waals surface area contributed by atoms with Gasteiger partial charge in [-0.3, -0.25) is 0 Å². The Morgan fingerprint density at radius 1 is 0.833 bits per heavy atom. The maximum atomic E-state index is 4.89. The Morgan fingerprint density at radius 3 is 1.08 bits per heavy atom. The SMILES string of the molecule is CN(C)CCN(C)C.[Cl][Fe]([Cl])[Cl]. The zero-order valence-corrected chi connectivity index (χ0v) is 11.2. The van der Waals surface area contributed by atoms with E-state index in [1.165, 1.54) is 0 Å². The van der Waals surface area contributed by atoms with E-state index in [1.54, 1.807) is 0 Å². The van der Waals surface area contributed by atoms with Crippen LogP contribution in [0.2, 0.25) is 0 Å². The molecule has 0 fully saturated rings. The van der Waals surface area contributed by atoms with Gasteiger partial charge < -0.3 is 9.80 Å². The third-order valence-electron chi connectivity index (χ3n) is 0.994. The van der Waals surface area contributed by atoms with Crippen LogP contribution in [0.3, 0.4) is 0 Å². The summed E-state index contributed by atoms with van der Waals surface area (Å²) < 4.78 is 0. The normalized spacial score (nSPS) is 11.2. The predicted molar refractivity (Wildman–Crippen MR) is 54.7 cm³/mol. The van der Waals surface area contributed by atoms with E-state index in [0.717, 1.165) is 13.1 Å². The molecule has 0 atom stereocenters. The van der Waals surface area contributed by atoms with Crippen molar-refractivity contribution in [2.45, 2.75) is 0 Å². The summed E-state index contributed by atoms with van der Waals surface area (Å²) >= 11 is -1.33. The standard InChI is InChI=1S/C6H16N2.3ClH.Fe/c1-7(2)5-6-8(3)4;;;;/h5-6H2,1-4H3;3*1H;/q;;;;+3/p-3. The Kier molecular flexibility index (Phi) is 13.7. The first-order valence-electron chi connectivity index (χ1n) is 3.32. The second-order valence-electron chi connectivity index (χ2n) is 2.76. The molecule has 0 saturated heterocycles. The summed E-state index contributed by atoms with van der Waals surface area (Å²) in [4.78, 5) is 4.36. The van der Waals surface area contributed by atoms with Crippen molar-refractivity contribution in [3.05, 3.63) is 0 Å². The van der Waals surface area contributed by atoms with Crippen LogP contribution < -0.4 is 0 Å². The van der Waals surface area contributed by atoms with Crippen LogP contribution in [0.1, 0.15) is 0 Å². The van der Waals surface area contributed by atoms with Crippen LogP contribution in [-0.4, -0.2) is 51.1 Å². The summed E-state index contributed by atoms with van der Waals surface area (Å²) in [6.45, 7) is 2.29. The van der Waals surface area contributed by atoms with Gasteiger partial charge in [0.15, 0.2) is 0 Å². The maximum absolute atomic E-state index is 4.89. The molecule has 0 unspecified atom stereocenters. The van der Waals surface area contributed by atoms with E-state index in [1.807, 2.05) is 0 Å². The first-order chi connectivity index (χ1) is 5.36. The van der Waals surface area contributed by atoms with Crippen LogP contribution in [0.4, 0.5) is 0 Å². The molecule has 6 heteroatoms. The molecule has 0 aliphatic rings. The van der Waals surface area contributed by atoms with Gasteiger partial charge in [-0.1, -0.05) is 0 Å². The Hall–Kier alpha value is 1.31. The molecule has 0 rings (SSSR count). The van der Waals surface area contributed by atoms with Gasteiger partial charge in [-0.25, -0.2) is 0 Å². The van der Waals surface area contributed by atoms with Crippen LogP contribution in [0, 0.1) is 0 Å². The number of nitrogens with zero attached hydrogens (tertiary/aromatic N) is 2. The third-order valence-corrected chi connectivity index (χ3v) is 0.994. The van der Waals surface area contributed by atoms with Gasteiger partial charge in [-0.05, 0) is 28.2 Å². The van der Waals surface area contributed by atoms with Crippen molar-refractivity contribution in [2.24, 2.45) is 0 Å². The van der Waals surface area contributed by atoms with Crippen molar-refractivity contribution in [2.75, 3.05) is 41.3 Å². The van der Waals surface area contributed by atoms with E-state index in [9.17, 15) is 0 Å². The summed E-state index contributed by atoms with van der Waals surface area (Å²) in [5.74, 6) is 0. The molecule has 0 saturated carbocycles. The Bertz CT molecular complexity index is 80.1. The van der Waals surface area contributed by atoms with Crippen LogP contribution in [-0.2, 0) is 11.2 Å². The minimum absolute atomic E-state index is 1.15. The topological polar surface area (TPSA) is 6.48 Å². The molecule has 12 heavy (non-hydrogen) atoms. The molecular formula is C6H16Cl3FeN2. The van der Waals surface area contributed by atoms with Crippen molar-refractivity contribution in [1.82, 2.24) is 9.80 Å². The molecule has 2 nitrogen and oxygen atoms in total. The van der Waals surface area contributed by atoms with E-state index in [2.05, 4.69) is 38.0 Å². The summed E-state index contributed by atoms with van der Waals surface area (Å²) in [5.41, 5.74) is 0. The van der Waals surface area contributed by atoms with Crippen molar-refractivity contribution in [1.29, 1.82) is 0 Å². The Morgan fingerprint density at radius 2 is 1.00 bits per heavy atom. The average Bonchev–Trinajstić information content (AvgIpc) is 1.82. The Labute approximate surface area is 92.3 Å². The fourth-order valence-corrected chi connectivity index (χ4v) is 0.400. The summed E-state index contributed by atoms with van der Waals surface area (Å²) in [6, 6.07) is 0. The van der Waals surface area contributed by atoms with Crippen molar-refractivity contribution in [3.8, 4) is 0 Å². The summed E-state index contributed by atoms with van der Waals surface area (Å²) in [5, 5.41) is 0. The molecule has 0 aromatic rings. The molecular weight excluding hydrogens is 262 g/mol. The first kappa shape index (κ1) is 15.8. The van der Waals surface area contributed by atoms with Gasteiger partial charge in [-0.15, -0.1) is 0 Å². The van der Waals surface area contributed by atoms with Crippen molar-refractivity contribution >= 4 is 30.3 Å². The van der Waals surface area contributed by atoms with E-state index < -0.39 is 11.2 Å². The van der Waals surface area contributed by atoms with Crippen LogP contribution in [0.25, 0.3) is 0 Å². The third kappa shape index (κ3) is 30.2. The quantitative estimate of drug-likeness (QED) is 0.730. The number of hydrogen-bond donors (Lipinski definition) is 0. The number of likely N-dealkylation sites (N-methyl/N-ethyl adjacent to an activating group) is 2. The van der Waals surface area contributed by atoms with Crippen molar-refractivity contribution < 1.29 is 11.2 Å². The van der Waals surface area contributed by atoms with E-state index in [4.69, 9.17) is 30.3 Å². The molecule has 0 heterocycles. The van der Waals surface area contributed by atoms with E-state index >= 15 is 0 Å². The molecule has 0 N–H and O–H groups in total. The first-order valence-corrected chi connectivity index (χ1v) is 7.88. The second-order valence-corrected chi connectivity index (χ2v) is 8.23. The number of halogens is 3. The van der Waals surface area contributed by atoms with Crippen LogP contribution in [0.5, 0.6) is 0 Å². The molecule has 0 aromatic heterocycles. The Balaban J connectivity index is 0. The van der Waals surface area contributed by atoms with Gasteiger partial charge in [0.1, 0.15) is 0 Å². The van der Waals surface area contributed by atoms with Gasteiger partial charge in [-0.2, -0.15) is 0 Å². The number of rotatable bonds is 3. The fourth-order valence-electron chi connectivity index (χ4n) is 0.400. The molecule has 79 valence electrons. The predicted octanol–water partition coefficient (Wildman–Crippen LogP) is 2.18. The molecule has 0 radical (unpaired) electrons. The van der Waals surface area contributed by atoms with Gasteiger partial charge in [0.25, 0.3) is 0 Å². The summed E-state index contributed by atoms with van der Waals surface area (Å²) in [7, 11) is 23.0. The molecule has 0 amide bonds. The number of hydrogen-bond acceptors (Lipinski definition) is 2. The van der Waals surface area contributed by atoms with Gasteiger partial charge >= 0.3 is 41.5 Å².